The highest BCUT2D eigenvalue weighted by atomic mass is 16.3. The zero-order chi connectivity index (χ0) is 18.4. The van der Waals surface area contributed by atoms with Crippen molar-refractivity contribution >= 4 is 5.91 Å². The zero-order valence-corrected chi connectivity index (χ0v) is 14.9. The summed E-state index contributed by atoms with van der Waals surface area (Å²) in [5.74, 6) is -0.0881. The van der Waals surface area contributed by atoms with Crippen LogP contribution in [0.15, 0.2) is 67.0 Å². The third-order valence-electron chi connectivity index (χ3n) is 4.20. The van der Waals surface area contributed by atoms with Gasteiger partial charge in [-0.25, -0.2) is 0 Å². The third-order valence-corrected chi connectivity index (χ3v) is 4.20. The SMILES string of the molecule is Cc1ccc(C(=O)N(CCO)Cc2cnn(Cc3ccccc3)c2)cc1. The number of rotatable bonds is 7. The molecule has 0 unspecified atom stereocenters. The number of carbonyl (C=O) groups is 1. The number of aryl methyl sites for hydroxylation is 1. The standard InChI is InChI=1S/C21H23N3O2/c1-17-7-9-20(10-8-17)21(26)23(11-12-25)14-19-13-22-24(16-19)15-18-5-3-2-4-6-18/h2-10,13,16,25H,11-12,14-15H2,1H3. The fourth-order valence-corrected chi connectivity index (χ4v) is 2.82. The maximum absolute atomic E-state index is 12.7. The van der Waals surface area contributed by atoms with Crippen molar-refractivity contribution in [3.63, 3.8) is 0 Å². The van der Waals surface area contributed by atoms with Crippen molar-refractivity contribution in [2.24, 2.45) is 0 Å². The Labute approximate surface area is 153 Å². The van der Waals surface area contributed by atoms with Gasteiger partial charge in [0.25, 0.3) is 5.91 Å². The van der Waals surface area contributed by atoms with Crippen molar-refractivity contribution in [1.82, 2.24) is 14.7 Å². The van der Waals surface area contributed by atoms with Crippen molar-refractivity contribution in [2.45, 2.75) is 20.0 Å². The van der Waals surface area contributed by atoms with Crippen LogP contribution in [0.2, 0.25) is 0 Å². The van der Waals surface area contributed by atoms with Gasteiger partial charge in [-0.05, 0) is 24.6 Å². The van der Waals surface area contributed by atoms with Crippen molar-refractivity contribution in [3.8, 4) is 0 Å². The van der Waals surface area contributed by atoms with Crippen molar-refractivity contribution < 1.29 is 9.90 Å². The number of aliphatic hydroxyl groups is 1. The van der Waals surface area contributed by atoms with E-state index in [2.05, 4.69) is 17.2 Å². The van der Waals surface area contributed by atoms with Crippen LogP contribution in [-0.2, 0) is 13.1 Å². The lowest BCUT2D eigenvalue weighted by molar-refractivity contribution is 0.0708. The number of hydrogen-bond donors (Lipinski definition) is 1. The predicted molar refractivity (Wildman–Crippen MR) is 101 cm³/mol. The molecule has 0 saturated carbocycles. The highest BCUT2D eigenvalue weighted by Crippen LogP contribution is 2.12. The van der Waals surface area contributed by atoms with E-state index in [0.717, 1.165) is 11.1 Å². The molecule has 3 rings (SSSR count). The van der Waals surface area contributed by atoms with E-state index in [4.69, 9.17) is 0 Å². The average Bonchev–Trinajstić information content (AvgIpc) is 3.09. The molecule has 1 aromatic heterocycles. The van der Waals surface area contributed by atoms with Crippen LogP contribution in [0.5, 0.6) is 0 Å². The molecule has 2 aromatic carbocycles. The Bertz CT molecular complexity index is 841. The molecule has 0 radical (unpaired) electrons. The van der Waals surface area contributed by atoms with E-state index in [9.17, 15) is 9.90 Å². The Balaban J connectivity index is 1.70. The Morgan fingerprint density at radius 3 is 2.50 bits per heavy atom. The van der Waals surface area contributed by atoms with Crippen LogP contribution in [0.3, 0.4) is 0 Å². The maximum Gasteiger partial charge on any atom is 0.254 e. The minimum absolute atomic E-state index is 0.0737. The number of amides is 1. The van der Waals surface area contributed by atoms with Crippen LogP contribution in [0, 0.1) is 6.92 Å². The first-order valence-electron chi connectivity index (χ1n) is 8.68. The molecule has 1 amide bonds. The molecule has 0 aliphatic rings. The molecule has 0 aliphatic heterocycles. The second-order valence-electron chi connectivity index (χ2n) is 6.35. The minimum Gasteiger partial charge on any atom is -0.395 e. The second-order valence-corrected chi connectivity index (χ2v) is 6.35. The lowest BCUT2D eigenvalue weighted by Crippen LogP contribution is -2.33. The van der Waals surface area contributed by atoms with Gasteiger partial charge in [-0.1, -0.05) is 48.0 Å². The summed E-state index contributed by atoms with van der Waals surface area (Å²) in [6.07, 6.45) is 3.72. The van der Waals surface area contributed by atoms with E-state index in [1.807, 2.05) is 60.3 Å². The monoisotopic (exact) mass is 349 g/mol. The molecule has 5 nitrogen and oxygen atoms in total. The van der Waals surface area contributed by atoms with Gasteiger partial charge < -0.3 is 10.0 Å². The molecule has 0 atom stereocenters. The summed E-state index contributed by atoms with van der Waals surface area (Å²) in [6, 6.07) is 17.6. The number of aromatic nitrogens is 2. The first kappa shape index (κ1) is 17.9. The van der Waals surface area contributed by atoms with E-state index in [0.29, 0.717) is 18.7 Å². The Hall–Kier alpha value is -2.92. The lowest BCUT2D eigenvalue weighted by Gasteiger charge is -2.21. The van der Waals surface area contributed by atoms with Gasteiger partial charge in [-0.3, -0.25) is 9.48 Å². The average molecular weight is 349 g/mol. The lowest BCUT2D eigenvalue weighted by atomic mass is 10.1. The number of nitrogens with zero attached hydrogens (tertiary/aromatic N) is 3. The first-order chi connectivity index (χ1) is 12.7. The molecule has 134 valence electrons. The molecule has 1 heterocycles. The summed E-state index contributed by atoms with van der Waals surface area (Å²) >= 11 is 0. The van der Waals surface area contributed by atoms with Gasteiger partial charge in [0.2, 0.25) is 0 Å². The molecule has 3 aromatic rings. The van der Waals surface area contributed by atoms with E-state index in [-0.39, 0.29) is 19.1 Å². The number of carbonyl (C=O) groups excluding carboxylic acids is 1. The van der Waals surface area contributed by atoms with Gasteiger partial charge in [0.1, 0.15) is 0 Å². The molecule has 0 bridgehead atoms. The largest absolute Gasteiger partial charge is 0.395 e. The van der Waals surface area contributed by atoms with Gasteiger partial charge in [0, 0.05) is 30.4 Å². The van der Waals surface area contributed by atoms with E-state index in [1.54, 1.807) is 11.1 Å². The van der Waals surface area contributed by atoms with Crippen molar-refractivity contribution in [2.75, 3.05) is 13.2 Å². The van der Waals surface area contributed by atoms with Crippen molar-refractivity contribution in [3.05, 3.63) is 89.2 Å². The minimum atomic E-state index is -0.0881. The highest BCUT2D eigenvalue weighted by Gasteiger charge is 2.16. The summed E-state index contributed by atoms with van der Waals surface area (Å²) in [6.45, 7) is 3.31. The maximum atomic E-state index is 12.7. The van der Waals surface area contributed by atoms with Gasteiger partial charge in [-0.15, -0.1) is 0 Å². The fourth-order valence-electron chi connectivity index (χ4n) is 2.82. The molecule has 5 heteroatoms. The van der Waals surface area contributed by atoms with Gasteiger partial charge in [-0.2, -0.15) is 5.10 Å². The quantitative estimate of drug-likeness (QED) is 0.713. The van der Waals surface area contributed by atoms with Crippen LogP contribution < -0.4 is 0 Å². The first-order valence-corrected chi connectivity index (χ1v) is 8.68. The van der Waals surface area contributed by atoms with Crippen LogP contribution in [0.1, 0.15) is 27.0 Å². The fraction of sp³-hybridized carbons (Fsp3) is 0.238. The normalized spacial score (nSPS) is 10.7. The smallest absolute Gasteiger partial charge is 0.254 e. The van der Waals surface area contributed by atoms with Gasteiger partial charge >= 0.3 is 0 Å². The van der Waals surface area contributed by atoms with Gasteiger partial charge in [0.05, 0.1) is 19.3 Å². The molecular weight excluding hydrogens is 326 g/mol. The second kappa shape index (κ2) is 8.45. The molecular formula is C21H23N3O2. The summed E-state index contributed by atoms with van der Waals surface area (Å²) in [5.41, 5.74) is 3.85. The van der Waals surface area contributed by atoms with Crippen molar-refractivity contribution in [1.29, 1.82) is 0 Å². The topological polar surface area (TPSA) is 58.4 Å². The van der Waals surface area contributed by atoms with Crippen LogP contribution in [0.4, 0.5) is 0 Å². The Morgan fingerprint density at radius 1 is 1.08 bits per heavy atom. The summed E-state index contributed by atoms with van der Waals surface area (Å²) in [5, 5.41) is 13.7. The Morgan fingerprint density at radius 2 is 1.81 bits per heavy atom. The van der Waals surface area contributed by atoms with Gasteiger partial charge in [0.15, 0.2) is 0 Å². The van der Waals surface area contributed by atoms with E-state index >= 15 is 0 Å². The number of hydrogen-bond acceptors (Lipinski definition) is 3. The third kappa shape index (κ3) is 4.58. The molecule has 26 heavy (non-hydrogen) atoms. The molecule has 0 fully saturated rings. The van der Waals surface area contributed by atoms with Crippen LogP contribution in [0.25, 0.3) is 0 Å². The molecule has 0 spiro atoms. The predicted octanol–water partition coefficient (Wildman–Crippen LogP) is 2.87. The van der Waals surface area contributed by atoms with Crippen LogP contribution in [-0.4, -0.2) is 38.8 Å². The highest BCUT2D eigenvalue weighted by molar-refractivity contribution is 5.94. The Kier molecular flexibility index (Phi) is 5.81. The zero-order valence-electron chi connectivity index (χ0n) is 14.9. The number of aliphatic hydroxyl groups excluding tert-OH is 1. The summed E-state index contributed by atoms with van der Waals surface area (Å²) < 4.78 is 1.86. The van der Waals surface area contributed by atoms with Crippen LogP contribution >= 0.6 is 0 Å². The summed E-state index contributed by atoms with van der Waals surface area (Å²) in [7, 11) is 0. The van der Waals surface area contributed by atoms with E-state index < -0.39 is 0 Å². The summed E-state index contributed by atoms with van der Waals surface area (Å²) in [4.78, 5) is 14.4. The molecule has 0 aliphatic carbocycles. The molecule has 1 N–H and O–H groups in total. The number of benzene rings is 2. The van der Waals surface area contributed by atoms with E-state index in [1.165, 1.54) is 5.56 Å². The molecule has 0 saturated heterocycles.